The number of Topliss-reactive ketones (excluding diaryl/α,β-unsaturated/α-hetero) is 1. The van der Waals surface area contributed by atoms with E-state index in [1.807, 2.05) is 6.07 Å². The van der Waals surface area contributed by atoms with Gasteiger partial charge in [-0.2, -0.15) is 0 Å². The minimum absolute atomic E-state index is 0.105. The smallest absolute Gasteiger partial charge is 0.299 e. The standard InChI is InChI=1S/C50H64BrN9O17/c51-41-9-10-44(45-40(35-53-46(41)45)48(61)50(63)57-14-12-56(13-15-57)49(62)38-5-2-1-3-6-38)77-34-33-75-30-29-73-26-25-72-24-23-71-22-20-69-18-16-58-36-39(54-55-58)37-76-32-31-74-28-27-70-21-19-68-17-11-52-47-42(59(64)65)7-4-8-43(47)60(66)67/h1-10,35-36,52-53H,11-34,37H2. The van der Waals surface area contributed by atoms with E-state index in [1.54, 1.807) is 52.2 Å². The highest BCUT2D eigenvalue weighted by Crippen LogP contribution is 2.35. The second kappa shape index (κ2) is 33.6. The van der Waals surface area contributed by atoms with Crippen molar-refractivity contribution in [2.75, 3.05) is 157 Å². The van der Waals surface area contributed by atoms with E-state index in [2.05, 4.69) is 36.5 Å². The number of nitro groups is 2. The predicted octanol–water partition coefficient (Wildman–Crippen LogP) is 4.35. The van der Waals surface area contributed by atoms with Gasteiger partial charge in [0.1, 0.15) is 18.1 Å². The van der Waals surface area contributed by atoms with E-state index < -0.39 is 21.5 Å². The highest BCUT2D eigenvalue weighted by atomic mass is 79.9. The molecule has 27 heteroatoms. The van der Waals surface area contributed by atoms with Crippen molar-refractivity contribution in [2.24, 2.45) is 0 Å². The molecule has 0 bridgehead atoms. The number of ether oxygens (including phenoxy) is 10. The Morgan fingerprint density at radius 1 is 0.623 bits per heavy atom. The van der Waals surface area contributed by atoms with Crippen LogP contribution in [0.1, 0.15) is 26.4 Å². The number of hydrogen-bond acceptors (Lipinski definition) is 20. The van der Waals surface area contributed by atoms with Crippen LogP contribution in [0.25, 0.3) is 10.9 Å². The van der Waals surface area contributed by atoms with Crippen LogP contribution in [-0.4, -0.2) is 209 Å². The van der Waals surface area contributed by atoms with Crippen LogP contribution >= 0.6 is 15.9 Å². The Morgan fingerprint density at radius 3 is 1.71 bits per heavy atom. The monoisotopic (exact) mass is 1140 g/mol. The number of amides is 2. The van der Waals surface area contributed by atoms with E-state index in [0.717, 1.165) is 0 Å². The number of nitrogens with one attached hydrogen (secondary N) is 2. The number of aromatic amines is 1. The molecular formula is C50H64BrN9O17. The van der Waals surface area contributed by atoms with Gasteiger partial charge in [-0.25, -0.2) is 4.68 Å². The van der Waals surface area contributed by atoms with Gasteiger partial charge in [-0.15, -0.1) is 5.10 Å². The summed E-state index contributed by atoms with van der Waals surface area (Å²) in [5, 5.41) is 33.8. The number of ketones is 1. The molecule has 418 valence electrons. The summed E-state index contributed by atoms with van der Waals surface area (Å²) in [6.45, 7) is 8.31. The number of anilines is 1. The molecule has 0 aliphatic carbocycles. The first-order valence-electron chi connectivity index (χ1n) is 25.0. The summed E-state index contributed by atoms with van der Waals surface area (Å²) in [6, 6.07) is 16.2. The van der Waals surface area contributed by atoms with Gasteiger partial charge in [-0.1, -0.05) is 23.4 Å². The molecule has 1 aliphatic rings. The van der Waals surface area contributed by atoms with Crippen molar-refractivity contribution >= 4 is 61.5 Å². The van der Waals surface area contributed by atoms with E-state index in [-0.39, 0.29) is 81.2 Å². The number of rotatable bonds is 39. The number of para-hydroxylation sites is 1. The van der Waals surface area contributed by atoms with Crippen LogP contribution < -0.4 is 10.1 Å². The molecule has 1 saturated heterocycles. The second-order valence-corrected chi connectivity index (χ2v) is 17.5. The Labute approximate surface area is 451 Å². The van der Waals surface area contributed by atoms with Gasteiger partial charge >= 0.3 is 0 Å². The summed E-state index contributed by atoms with van der Waals surface area (Å²) >= 11 is 3.52. The van der Waals surface area contributed by atoms with Gasteiger partial charge in [-0.05, 0) is 46.3 Å². The lowest BCUT2D eigenvalue weighted by Gasteiger charge is -2.34. The number of hydrogen-bond donors (Lipinski definition) is 2. The predicted molar refractivity (Wildman–Crippen MR) is 279 cm³/mol. The molecule has 3 aromatic carbocycles. The fourth-order valence-corrected chi connectivity index (χ4v) is 8.02. The summed E-state index contributed by atoms with van der Waals surface area (Å²) in [6.07, 6.45) is 3.31. The van der Waals surface area contributed by atoms with Crippen molar-refractivity contribution in [2.45, 2.75) is 13.2 Å². The second-order valence-electron chi connectivity index (χ2n) is 16.7. The first-order valence-corrected chi connectivity index (χ1v) is 25.8. The molecule has 2 aromatic heterocycles. The lowest BCUT2D eigenvalue weighted by molar-refractivity contribution is -0.392. The summed E-state index contributed by atoms with van der Waals surface area (Å²) in [5.41, 5.74) is 1.17. The Kier molecular flexibility index (Phi) is 26.0. The molecule has 5 aromatic rings. The van der Waals surface area contributed by atoms with Crippen molar-refractivity contribution < 1.29 is 71.6 Å². The molecule has 0 atom stereocenters. The molecule has 3 heterocycles. The Morgan fingerprint density at radius 2 is 1.14 bits per heavy atom. The van der Waals surface area contributed by atoms with Gasteiger partial charge in [0.15, 0.2) is 5.69 Å². The Bertz CT molecular complexity index is 2580. The average molecular weight is 1140 g/mol. The number of aromatic nitrogens is 4. The first-order chi connectivity index (χ1) is 37.6. The van der Waals surface area contributed by atoms with Crippen LogP contribution in [0.4, 0.5) is 17.1 Å². The van der Waals surface area contributed by atoms with Gasteiger partial charge < -0.3 is 67.5 Å². The zero-order valence-corrected chi connectivity index (χ0v) is 44.1. The largest absolute Gasteiger partial charge is 0.490 e. The van der Waals surface area contributed by atoms with E-state index in [1.165, 1.54) is 29.3 Å². The number of fused-ring (bicyclic) bond motifs is 1. The van der Waals surface area contributed by atoms with Crippen LogP contribution in [0.15, 0.2) is 77.5 Å². The quantitative estimate of drug-likeness (QED) is 0.0182. The van der Waals surface area contributed by atoms with Gasteiger partial charge in [0.2, 0.25) is 0 Å². The number of benzene rings is 3. The molecular weight excluding hydrogens is 1080 g/mol. The van der Waals surface area contributed by atoms with Gasteiger partial charge in [0, 0.05) is 61.1 Å². The molecule has 77 heavy (non-hydrogen) atoms. The van der Waals surface area contributed by atoms with Crippen molar-refractivity contribution in [1.82, 2.24) is 29.8 Å². The maximum Gasteiger partial charge on any atom is 0.299 e. The molecule has 0 spiro atoms. The molecule has 1 aliphatic heterocycles. The lowest BCUT2D eigenvalue weighted by atomic mass is 10.1. The van der Waals surface area contributed by atoms with Gasteiger partial charge in [0.05, 0.1) is 158 Å². The first kappa shape index (κ1) is 59.7. The molecule has 2 amide bonds. The third-order valence-corrected chi connectivity index (χ3v) is 12.1. The fourth-order valence-electron chi connectivity index (χ4n) is 7.58. The zero-order chi connectivity index (χ0) is 54.5. The minimum Gasteiger partial charge on any atom is -0.490 e. The zero-order valence-electron chi connectivity index (χ0n) is 42.6. The summed E-state index contributed by atoms with van der Waals surface area (Å²) in [5.74, 6) is -0.963. The summed E-state index contributed by atoms with van der Waals surface area (Å²) in [7, 11) is 0. The van der Waals surface area contributed by atoms with Crippen LogP contribution in [0.3, 0.4) is 0 Å². The van der Waals surface area contributed by atoms with Gasteiger partial charge in [0.25, 0.3) is 29.0 Å². The molecule has 0 unspecified atom stereocenters. The molecule has 2 N–H and O–H groups in total. The third-order valence-electron chi connectivity index (χ3n) is 11.4. The van der Waals surface area contributed by atoms with E-state index >= 15 is 0 Å². The average Bonchev–Trinajstić information content (AvgIpc) is 4.13. The van der Waals surface area contributed by atoms with E-state index in [0.29, 0.717) is 145 Å². The van der Waals surface area contributed by atoms with Crippen molar-refractivity contribution in [3.05, 3.63) is 115 Å². The minimum atomic E-state index is -0.679. The number of nitro benzene ring substituents is 2. The number of carbonyl (C=O) groups is 3. The third kappa shape index (κ3) is 19.8. The number of piperazine rings is 1. The van der Waals surface area contributed by atoms with Crippen LogP contribution in [0, 0.1) is 20.2 Å². The summed E-state index contributed by atoms with van der Waals surface area (Å²) in [4.78, 5) is 67.1. The number of H-pyrrole nitrogens is 1. The van der Waals surface area contributed by atoms with Gasteiger partial charge in [-0.3, -0.25) is 34.6 Å². The van der Waals surface area contributed by atoms with Crippen molar-refractivity contribution in [1.29, 1.82) is 0 Å². The Balaban J connectivity index is 0.686. The topological polar surface area (TPSA) is 295 Å². The molecule has 0 saturated carbocycles. The van der Waals surface area contributed by atoms with E-state index in [9.17, 15) is 34.6 Å². The molecule has 1 fully saturated rings. The van der Waals surface area contributed by atoms with Crippen LogP contribution in [0.5, 0.6) is 5.75 Å². The maximum atomic E-state index is 13.5. The summed E-state index contributed by atoms with van der Waals surface area (Å²) < 4.78 is 58.4. The highest BCUT2D eigenvalue weighted by molar-refractivity contribution is 9.10. The Hall–Kier alpha value is -6.53. The molecule has 6 rings (SSSR count). The number of carbonyl (C=O) groups excluding carboxylic acids is 3. The molecule has 26 nitrogen and oxygen atoms in total. The molecule has 0 radical (unpaired) electrons. The normalized spacial score (nSPS) is 12.6. The van der Waals surface area contributed by atoms with Crippen LogP contribution in [0.2, 0.25) is 0 Å². The van der Waals surface area contributed by atoms with Crippen molar-refractivity contribution in [3.8, 4) is 5.75 Å². The fraction of sp³-hybridized carbons (Fsp3) is 0.500. The highest BCUT2D eigenvalue weighted by Gasteiger charge is 2.31. The lowest BCUT2D eigenvalue weighted by Crippen LogP contribution is -2.52. The number of nitrogens with zero attached hydrogens (tertiary/aromatic N) is 7. The van der Waals surface area contributed by atoms with Crippen molar-refractivity contribution in [3.63, 3.8) is 0 Å². The SMILES string of the molecule is O=C(C(=O)N1CCN(C(=O)c2ccccc2)CC1)c1c[nH]c2c(Br)ccc(OCCOCCOCCOCCOCCOCCn3cc(COCCOCCOCCOCCNc4c([N+](=O)[O-])cccc4[N+](=O)[O-])nn3)c12. The van der Waals surface area contributed by atoms with E-state index in [4.69, 9.17) is 47.4 Å². The van der Waals surface area contributed by atoms with Crippen LogP contribution in [-0.2, 0) is 60.6 Å². The maximum absolute atomic E-state index is 13.5. The number of halogens is 1.